The van der Waals surface area contributed by atoms with Crippen LogP contribution in [0.3, 0.4) is 0 Å². The second-order valence-corrected chi connectivity index (χ2v) is 9.65. The van der Waals surface area contributed by atoms with Gasteiger partial charge in [-0.15, -0.1) is 0 Å². The number of benzene rings is 3. The number of hydrogen-bond donors (Lipinski definition) is 2. The zero-order valence-corrected chi connectivity index (χ0v) is 21.7. The Kier molecular flexibility index (Phi) is 7.40. The number of carboxylic acids is 1. The molecular formula is C27H22Cl2F3NO5. The van der Waals surface area contributed by atoms with Crippen LogP contribution < -0.4 is 9.64 Å². The molecule has 0 aromatic heterocycles. The van der Waals surface area contributed by atoms with Crippen molar-refractivity contribution in [1.82, 2.24) is 0 Å². The van der Waals surface area contributed by atoms with Gasteiger partial charge in [0.25, 0.3) is 5.91 Å². The summed E-state index contributed by atoms with van der Waals surface area (Å²) in [7, 11) is 0. The number of carboxylic acid groups (broad SMARTS) is 1. The van der Waals surface area contributed by atoms with Crippen molar-refractivity contribution in [2.24, 2.45) is 0 Å². The van der Waals surface area contributed by atoms with E-state index in [9.17, 15) is 33.0 Å². The highest BCUT2D eigenvalue weighted by atomic mass is 35.5. The van der Waals surface area contributed by atoms with E-state index in [1.54, 1.807) is 13.0 Å². The summed E-state index contributed by atoms with van der Waals surface area (Å²) >= 11 is 12.4. The van der Waals surface area contributed by atoms with Crippen molar-refractivity contribution >= 4 is 40.8 Å². The lowest BCUT2D eigenvalue weighted by Gasteiger charge is -2.38. The number of rotatable bonds is 6. The van der Waals surface area contributed by atoms with Crippen LogP contribution in [0.2, 0.25) is 10.0 Å². The van der Waals surface area contributed by atoms with Gasteiger partial charge in [0.15, 0.2) is 12.2 Å². The number of hydrogen-bond acceptors (Lipinski definition) is 4. The summed E-state index contributed by atoms with van der Waals surface area (Å²) in [6.45, 7) is 2.86. The first-order valence-corrected chi connectivity index (χ1v) is 12.2. The van der Waals surface area contributed by atoms with Crippen molar-refractivity contribution in [3.05, 3.63) is 81.3 Å². The highest BCUT2D eigenvalue weighted by Crippen LogP contribution is 2.51. The van der Waals surface area contributed by atoms with E-state index in [4.69, 9.17) is 27.9 Å². The van der Waals surface area contributed by atoms with Crippen LogP contribution in [0.1, 0.15) is 41.3 Å². The van der Waals surface area contributed by atoms with E-state index in [1.807, 2.05) is 0 Å². The Morgan fingerprint density at radius 3 is 2.32 bits per heavy atom. The minimum absolute atomic E-state index is 0.0139. The van der Waals surface area contributed by atoms with Crippen molar-refractivity contribution in [2.45, 2.75) is 31.5 Å². The van der Waals surface area contributed by atoms with Gasteiger partial charge in [-0.05, 0) is 59.5 Å². The van der Waals surface area contributed by atoms with Gasteiger partial charge >= 0.3 is 12.1 Å². The molecule has 3 aromatic carbocycles. The number of nitrogens with zero attached hydrogens (tertiary/aromatic N) is 1. The van der Waals surface area contributed by atoms with Crippen LogP contribution in [0.15, 0.2) is 54.6 Å². The maximum Gasteiger partial charge on any atom is 0.422 e. The molecule has 1 aliphatic heterocycles. The lowest BCUT2D eigenvalue weighted by atomic mass is 9.77. The Hall–Kier alpha value is -3.27. The van der Waals surface area contributed by atoms with Crippen LogP contribution in [-0.2, 0) is 10.4 Å². The topological polar surface area (TPSA) is 87.1 Å². The molecule has 1 aliphatic rings. The number of carbonyl (C=O) groups is 2. The lowest BCUT2D eigenvalue weighted by molar-refractivity contribution is -0.274. The van der Waals surface area contributed by atoms with Crippen molar-refractivity contribution < 1.29 is 37.7 Å². The minimum Gasteiger partial charge on any atom is -0.482 e. The largest absolute Gasteiger partial charge is 0.482 e. The molecule has 0 spiro atoms. The molecule has 200 valence electrons. The fourth-order valence-electron chi connectivity index (χ4n) is 4.60. The summed E-state index contributed by atoms with van der Waals surface area (Å²) in [5.74, 6) is -2.98. The van der Waals surface area contributed by atoms with Gasteiger partial charge in [0.2, 0.25) is 0 Å². The Morgan fingerprint density at radius 1 is 1.05 bits per heavy atom. The minimum atomic E-state index is -5.12. The van der Waals surface area contributed by atoms with Crippen molar-refractivity contribution in [2.75, 3.05) is 18.1 Å². The van der Waals surface area contributed by atoms with Gasteiger partial charge in [-0.2, -0.15) is 13.2 Å². The summed E-state index contributed by atoms with van der Waals surface area (Å²) in [6, 6.07) is 12.1. The van der Waals surface area contributed by atoms with Gasteiger partial charge in [-0.25, -0.2) is 4.79 Å². The predicted molar refractivity (Wildman–Crippen MR) is 137 cm³/mol. The van der Waals surface area contributed by atoms with Crippen LogP contribution in [0.25, 0.3) is 11.1 Å². The highest BCUT2D eigenvalue weighted by molar-refractivity contribution is 6.33. The van der Waals surface area contributed by atoms with Gasteiger partial charge < -0.3 is 19.8 Å². The molecule has 2 atom stereocenters. The number of carbonyl (C=O) groups excluding carboxylic acids is 1. The van der Waals surface area contributed by atoms with Gasteiger partial charge in [0.05, 0.1) is 16.3 Å². The molecule has 0 aliphatic carbocycles. The van der Waals surface area contributed by atoms with Crippen molar-refractivity contribution in [3.8, 4) is 16.9 Å². The predicted octanol–water partition coefficient (Wildman–Crippen LogP) is 6.66. The van der Waals surface area contributed by atoms with Gasteiger partial charge in [0.1, 0.15) is 5.75 Å². The van der Waals surface area contributed by atoms with E-state index in [-0.39, 0.29) is 45.8 Å². The summed E-state index contributed by atoms with van der Waals surface area (Å²) in [5, 5.41) is 20.6. The molecule has 11 heteroatoms. The number of amides is 1. The second-order valence-electron chi connectivity index (χ2n) is 8.83. The Morgan fingerprint density at radius 2 is 1.71 bits per heavy atom. The number of fused-ring (bicyclic) bond motifs is 1. The highest BCUT2D eigenvalue weighted by Gasteiger charge is 2.59. The summed E-state index contributed by atoms with van der Waals surface area (Å²) in [4.78, 5) is 25.0. The first-order chi connectivity index (χ1) is 17.8. The molecule has 1 heterocycles. The SMILES string of the molecule is CCN1C(=O)COc2ccc([C@](O)([C@H](C)c3ccc(-c4ccc(Cl)c(C(=O)O)c4)cc3Cl)C(F)(F)F)cc21. The molecule has 1 amide bonds. The van der Waals surface area contributed by atoms with Crippen LogP contribution in [0.4, 0.5) is 18.9 Å². The zero-order valence-electron chi connectivity index (χ0n) is 20.1. The van der Waals surface area contributed by atoms with E-state index in [0.717, 1.165) is 12.1 Å². The van der Waals surface area contributed by atoms with Crippen molar-refractivity contribution in [3.63, 3.8) is 0 Å². The molecule has 0 fully saturated rings. The third-order valence-electron chi connectivity index (χ3n) is 6.71. The standard InChI is InChI=1S/C27H22Cl2F3NO5/c1-3-33-22-12-17(6-9-23(22)38-13-24(33)34)26(37,27(30,31)32)14(2)18-7-4-16(11-21(18)29)15-5-8-20(28)19(10-15)25(35)36/h4-12,14,37H,3,13H2,1-2H3,(H,35,36)/t14-,26-/m1/s1. The molecule has 0 radical (unpaired) electrons. The molecular weight excluding hydrogens is 546 g/mol. The van der Waals surface area contributed by atoms with E-state index < -0.39 is 35.1 Å². The van der Waals surface area contributed by atoms with Gasteiger partial charge in [-0.3, -0.25) is 4.79 Å². The third-order valence-corrected chi connectivity index (χ3v) is 7.37. The van der Waals surface area contributed by atoms with Crippen LogP contribution in [0, 0.1) is 0 Å². The maximum atomic E-state index is 14.6. The first-order valence-electron chi connectivity index (χ1n) is 11.5. The van der Waals surface area contributed by atoms with Crippen LogP contribution >= 0.6 is 23.2 Å². The molecule has 2 N–H and O–H groups in total. The molecule has 6 nitrogen and oxygen atoms in total. The third kappa shape index (κ3) is 4.70. The Labute approximate surface area is 226 Å². The van der Waals surface area contributed by atoms with Crippen molar-refractivity contribution in [1.29, 1.82) is 0 Å². The average molecular weight is 568 g/mol. The summed E-state index contributed by atoms with van der Waals surface area (Å²) in [6.07, 6.45) is -5.12. The molecule has 0 saturated carbocycles. The summed E-state index contributed by atoms with van der Waals surface area (Å²) < 4.78 is 49.1. The van der Waals surface area contributed by atoms with E-state index in [2.05, 4.69) is 0 Å². The average Bonchev–Trinajstić information content (AvgIpc) is 2.86. The van der Waals surface area contributed by atoms with Crippen LogP contribution in [0.5, 0.6) is 5.75 Å². The second kappa shape index (κ2) is 10.1. The first kappa shape index (κ1) is 27.8. The molecule has 3 aromatic rings. The monoisotopic (exact) mass is 567 g/mol. The number of likely N-dealkylation sites (N-methyl/N-ethyl adjacent to an activating group) is 1. The smallest absolute Gasteiger partial charge is 0.422 e. The maximum absolute atomic E-state index is 14.6. The number of anilines is 1. The zero-order chi connectivity index (χ0) is 28.0. The molecule has 0 bridgehead atoms. The van der Waals surface area contributed by atoms with Gasteiger partial charge in [-0.1, -0.05) is 54.4 Å². The number of ether oxygens (including phenoxy) is 1. The Balaban J connectivity index is 1.78. The normalized spacial score (nSPS) is 15.9. The molecule has 38 heavy (non-hydrogen) atoms. The van der Waals surface area contributed by atoms with E-state index in [0.29, 0.717) is 11.1 Å². The molecule has 4 rings (SSSR count). The number of alkyl halides is 3. The fraction of sp³-hybridized carbons (Fsp3) is 0.259. The quantitative estimate of drug-likeness (QED) is 0.348. The fourth-order valence-corrected chi connectivity index (χ4v) is 5.14. The van der Waals surface area contributed by atoms with E-state index >= 15 is 0 Å². The number of aliphatic hydroxyl groups is 1. The summed E-state index contributed by atoms with van der Waals surface area (Å²) in [5.41, 5.74) is -2.95. The molecule has 0 saturated heterocycles. The van der Waals surface area contributed by atoms with E-state index in [1.165, 1.54) is 48.2 Å². The molecule has 0 unspecified atom stereocenters. The lowest BCUT2D eigenvalue weighted by Crippen LogP contribution is -2.47. The number of halogens is 5. The van der Waals surface area contributed by atoms with Crippen LogP contribution in [-0.4, -0.2) is 41.4 Å². The number of aromatic carboxylic acids is 1. The van der Waals surface area contributed by atoms with Gasteiger partial charge in [0, 0.05) is 17.5 Å². The Bertz CT molecular complexity index is 1430.